The topological polar surface area (TPSA) is 80.7 Å². The van der Waals surface area contributed by atoms with Crippen LogP contribution >= 0.6 is 11.3 Å². The molecule has 4 rings (SSSR count). The van der Waals surface area contributed by atoms with Crippen molar-refractivity contribution >= 4 is 22.2 Å². The molecular formula is C17H22N4O2S. The maximum Gasteiger partial charge on any atom is 0.258 e. The fraction of sp³-hybridized carbons (Fsp3) is 0.588. The highest BCUT2D eigenvalue weighted by molar-refractivity contribution is 7.16. The maximum atomic E-state index is 12.2. The molecule has 0 spiro atoms. The van der Waals surface area contributed by atoms with Crippen LogP contribution in [0.5, 0.6) is 0 Å². The number of hydrogen-bond acceptors (Lipinski definition) is 5. The average Bonchev–Trinajstić information content (AvgIpc) is 2.98. The molecule has 2 aliphatic rings. The molecule has 7 heteroatoms. The van der Waals surface area contributed by atoms with Crippen LogP contribution in [0.15, 0.2) is 17.1 Å². The van der Waals surface area contributed by atoms with Crippen molar-refractivity contribution in [3.05, 3.63) is 33.2 Å². The second-order valence-corrected chi connectivity index (χ2v) is 9.20. The first-order valence-corrected chi connectivity index (χ1v) is 9.04. The quantitative estimate of drug-likeness (QED) is 0.911. The van der Waals surface area contributed by atoms with Gasteiger partial charge in [0.1, 0.15) is 0 Å². The van der Waals surface area contributed by atoms with E-state index in [0.29, 0.717) is 13.1 Å². The fourth-order valence-corrected chi connectivity index (χ4v) is 5.66. The molecule has 1 aliphatic heterocycles. The Labute approximate surface area is 144 Å². The van der Waals surface area contributed by atoms with Gasteiger partial charge in [0, 0.05) is 36.8 Å². The number of nitrogens with two attached hydrogens (primary N) is 1. The molecule has 6 nitrogen and oxygen atoms in total. The normalized spacial score (nSPS) is 28.7. The van der Waals surface area contributed by atoms with Gasteiger partial charge in [0.25, 0.3) is 5.56 Å². The molecule has 2 aromatic heterocycles. The number of rotatable bonds is 3. The minimum Gasteiger partial charge on any atom is -0.369 e. The largest absolute Gasteiger partial charge is 0.369 e. The van der Waals surface area contributed by atoms with Gasteiger partial charge in [0.05, 0.1) is 11.1 Å². The number of hydrogen-bond donors (Lipinski definition) is 1. The Morgan fingerprint density at radius 3 is 2.88 bits per heavy atom. The van der Waals surface area contributed by atoms with E-state index in [1.54, 1.807) is 10.5 Å². The van der Waals surface area contributed by atoms with Gasteiger partial charge in [-0.05, 0) is 24.7 Å². The van der Waals surface area contributed by atoms with Crippen molar-refractivity contribution in [3.8, 4) is 0 Å². The molecule has 2 aromatic rings. The lowest BCUT2D eigenvalue weighted by Crippen LogP contribution is -2.59. The number of carbonyl (C=O) groups excluding carboxylic acids is 1. The van der Waals surface area contributed by atoms with Crippen LogP contribution in [0.25, 0.3) is 4.96 Å². The van der Waals surface area contributed by atoms with Gasteiger partial charge in [-0.15, -0.1) is 11.3 Å². The van der Waals surface area contributed by atoms with Gasteiger partial charge in [-0.3, -0.25) is 18.9 Å². The summed E-state index contributed by atoms with van der Waals surface area (Å²) in [7, 11) is 0. The fourth-order valence-electron chi connectivity index (χ4n) is 4.81. The van der Waals surface area contributed by atoms with Gasteiger partial charge in [0.2, 0.25) is 5.91 Å². The smallest absolute Gasteiger partial charge is 0.258 e. The second kappa shape index (κ2) is 4.89. The molecule has 1 saturated carbocycles. The number of primary amides is 1. The molecule has 128 valence electrons. The molecule has 0 aromatic carbocycles. The summed E-state index contributed by atoms with van der Waals surface area (Å²) in [6, 6.07) is 1.60. The predicted molar refractivity (Wildman–Crippen MR) is 92.9 cm³/mol. The Morgan fingerprint density at radius 2 is 2.25 bits per heavy atom. The highest BCUT2D eigenvalue weighted by atomic mass is 32.1. The second-order valence-electron chi connectivity index (χ2n) is 7.99. The van der Waals surface area contributed by atoms with Crippen LogP contribution in [-0.4, -0.2) is 33.3 Å². The van der Waals surface area contributed by atoms with E-state index in [1.807, 2.05) is 13.1 Å². The monoisotopic (exact) mass is 346 g/mol. The molecule has 1 aliphatic carbocycles. The molecule has 2 fully saturated rings. The number of thiazole rings is 1. The summed E-state index contributed by atoms with van der Waals surface area (Å²) in [6.07, 6.45) is 2.66. The van der Waals surface area contributed by atoms with Crippen molar-refractivity contribution in [2.24, 2.45) is 22.5 Å². The first-order valence-electron chi connectivity index (χ1n) is 8.22. The van der Waals surface area contributed by atoms with Gasteiger partial charge >= 0.3 is 0 Å². The molecule has 2 N–H and O–H groups in total. The third-order valence-corrected chi connectivity index (χ3v) is 6.64. The molecular weight excluding hydrogens is 324 g/mol. The van der Waals surface area contributed by atoms with Gasteiger partial charge in [-0.1, -0.05) is 13.8 Å². The van der Waals surface area contributed by atoms with Gasteiger partial charge in [0.15, 0.2) is 4.96 Å². The van der Waals surface area contributed by atoms with Crippen molar-refractivity contribution in [1.82, 2.24) is 14.3 Å². The van der Waals surface area contributed by atoms with E-state index in [-0.39, 0.29) is 22.8 Å². The zero-order valence-corrected chi connectivity index (χ0v) is 15.0. The van der Waals surface area contributed by atoms with E-state index in [0.717, 1.165) is 28.5 Å². The number of nitrogens with zero attached hydrogens (tertiary/aromatic N) is 3. The molecule has 24 heavy (non-hydrogen) atoms. The number of aromatic nitrogens is 2. The highest BCUT2D eigenvalue weighted by Gasteiger charge is 2.65. The summed E-state index contributed by atoms with van der Waals surface area (Å²) in [6.45, 7) is 8.46. The number of aryl methyl sites for hydroxylation is 1. The van der Waals surface area contributed by atoms with Crippen molar-refractivity contribution in [2.75, 3.05) is 13.1 Å². The summed E-state index contributed by atoms with van der Waals surface area (Å²) >= 11 is 1.51. The lowest BCUT2D eigenvalue weighted by atomic mass is 9.48. The number of likely N-dealkylation sites (tertiary alicyclic amines) is 1. The summed E-state index contributed by atoms with van der Waals surface area (Å²) < 4.78 is 1.59. The van der Waals surface area contributed by atoms with E-state index in [4.69, 9.17) is 5.73 Å². The highest BCUT2D eigenvalue weighted by Crippen LogP contribution is 2.62. The van der Waals surface area contributed by atoms with Crippen molar-refractivity contribution in [2.45, 2.75) is 33.7 Å². The standard InChI is InChI=1S/C17H22N4O2S/c1-10-5-21-13(22)4-11(19-15(21)24-10)6-20-7-12-16(2,3)8-17(12,9-20)14(18)23/h4-5,12H,6-9H2,1-3H3,(H2,18,23)/t12-,17+/m1/s1. The van der Waals surface area contributed by atoms with E-state index in [9.17, 15) is 9.59 Å². The molecule has 3 heterocycles. The van der Waals surface area contributed by atoms with Crippen LogP contribution in [0.4, 0.5) is 0 Å². The Hall–Kier alpha value is -1.73. The molecule has 1 amide bonds. The van der Waals surface area contributed by atoms with Crippen molar-refractivity contribution < 1.29 is 4.79 Å². The SMILES string of the molecule is Cc1cn2c(=O)cc(CN3C[C@@H]4C(C)(C)C[C@]4(C(N)=O)C3)nc2s1. The Kier molecular flexibility index (Phi) is 3.22. The van der Waals surface area contributed by atoms with Crippen LogP contribution in [0.2, 0.25) is 0 Å². The molecule has 0 radical (unpaired) electrons. The predicted octanol–water partition coefficient (Wildman–Crippen LogP) is 1.40. The zero-order chi connectivity index (χ0) is 17.3. The summed E-state index contributed by atoms with van der Waals surface area (Å²) in [5.41, 5.74) is 6.18. The Balaban J connectivity index is 1.61. The van der Waals surface area contributed by atoms with E-state index in [1.165, 1.54) is 11.3 Å². The van der Waals surface area contributed by atoms with Crippen LogP contribution in [0.1, 0.15) is 30.8 Å². The molecule has 0 bridgehead atoms. The third-order valence-electron chi connectivity index (χ3n) is 5.74. The third kappa shape index (κ3) is 2.14. The lowest BCUT2D eigenvalue weighted by molar-refractivity contribution is -0.148. The van der Waals surface area contributed by atoms with E-state index in [2.05, 4.69) is 23.7 Å². The van der Waals surface area contributed by atoms with Crippen LogP contribution in [0, 0.1) is 23.7 Å². The first kappa shape index (κ1) is 15.8. The number of amides is 1. The maximum absolute atomic E-state index is 12.2. The van der Waals surface area contributed by atoms with E-state index < -0.39 is 5.41 Å². The van der Waals surface area contributed by atoms with Crippen LogP contribution < -0.4 is 11.3 Å². The van der Waals surface area contributed by atoms with Gasteiger partial charge in [-0.2, -0.15) is 0 Å². The molecule has 1 saturated heterocycles. The molecule has 0 unspecified atom stereocenters. The first-order chi connectivity index (χ1) is 11.2. The average molecular weight is 346 g/mol. The minimum absolute atomic E-state index is 0.0496. The Bertz CT molecular complexity index is 900. The molecule has 2 atom stereocenters. The van der Waals surface area contributed by atoms with Crippen molar-refractivity contribution in [3.63, 3.8) is 0 Å². The summed E-state index contributed by atoms with van der Waals surface area (Å²) in [4.78, 5) is 32.9. The Morgan fingerprint density at radius 1 is 1.50 bits per heavy atom. The summed E-state index contributed by atoms with van der Waals surface area (Å²) in [5.74, 6) is 0.1000. The summed E-state index contributed by atoms with van der Waals surface area (Å²) in [5, 5.41) is 0. The lowest BCUT2D eigenvalue weighted by Gasteiger charge is -2.54. The zero-order valence-electron chi connectivity index (χ0n) is 14.2. The minimum atomic E-state index is -0.401. The number of carbonyl (C=O) groups is 1. The van der Waals surface area contributed by atoms with Crippen LogP contribution in [-0.2, 0) is 11.3 Å². The number of fused-ring (bicyclic) bond motifs is 2. The van der Waals surface area contributed by atoms with Gasteiger partial charge in [-0.25, -0.2) is 4.98 Å². The van der Waals surface area contributed by atoms with E-state index >= 15 is 0 Å². The van der Waals surface area contributed by atoms with Crippen molar-refractivity contribution in [1.29, 1.82) is 0 Å². The van der Waals surface area contributed by atoms with Gasteiger partial charge < -0.3 is 5.73 Å². The van der Waals surface area contributed by atoms with Crippen LogP contribution in [0.3, 0.4) is 0 Å².